The topological polar surface area (TPSA) is 67.0 Å². The van der Waals surface area contributed by atoms with Gasteiger partial charge in [0.2, 0.25) is 0 Å². The molecular weight excluding hydrogens is 242 g/mol. The third-order valence-electron chi connectivity index (χ3n) is 4.40. The van der Waals surface area contributed by atoms with Crippen LogP contribution in [0.5, 0.6) is 0 Å². The summed E-state index contributed by atoms with van der Waals surface area (Å²) in [5.41, 5.74) is 0.386. The second kappa shape index (κ2) is 4.96. The van der Waals surface area contributed by atoms with Gasteiger partial charge < -0.3 is 15.0 Å². The molecule has 0 amide bonds. The molecule has 1 aromatic rings. The maximum atomic E-state index is 12.2. The Bertz CT molecular complexity index is 518. The van der Waals surface area contributed by atoms with Crippen molar-refractivity contribution in [2.75, 3.05) is 19.0 Å². The fourth-order valence-corrected chi connectivity index (χ4v) is 3.22. The molecule has 2 aliphatic rings. The lowest BCUT2D eigenvalue weighted by molar-refractivity contribution is -0.0516. The molecule has 0 radical (unpaired) electrons. The highest BCUT2D eigenvalue weighted by Gasteiger charge is 2.37. The summed E-state index contributed by atoms with van der Waals surface area (Å²) in [5.74, 6) is 1.46. The van der Waals surface area contributed by atoms with Crippen LogP contribution in [0, 0.1) is 0 Å². The van der Waals surface area contributed by atoms with Crippen molar-refractivity contribution in [3.8, 4) is 0 Å². The zero-order chi connectivity index (χ0) is 13.3. The zero-order valence-corrected chi connectivity index (χ0v) is 11.4. The van der Waals surface area contributed by atoms with Crippen molar-refractivity contribution in [2.24, 2.45) is 0 Å². The molecule has 1 aliphatic carbocycles. The van der Waals surface area contributed by atoms with Gasteiger partial charge in [-0.25, -0.2) is 4.98 Å². The number of aromatic nitrogens is 2. The minimum Gasteiger partial charge on any atom is -0.370 e. The van der Waals surface area contributed by atoms with Crippen LogP contribution >= 0.6 is 0 Å². The van der Waals surface area contributed by atoms with Gasteiger partial charge in [0.1, 0.15) is 17.2 Å². The fourth-order valence-electron chi connectivity index (χ4n) is 3.22. The Labute approximate surface area is 112 Å². The van der Waals surface area contributed by atoms with Crippen molar-refractivity contribution in [3.05, 3.63) is 21.7 Å². The third kappa shape index (κ3) is 2.16. The van der Waals surface area contributed by atoms with Gasteiger partial charge in [-0.2, -0.15) is 0 Å². The minimum atomic E-state index is -0.397. The number of methoxy groups -OCH3 is 1. The molecule has 0 unspecified atom stereocenters. The summed E-state index contributed by atoms with van der Waals surface area (Å²) in [6.45, 7) is 0.892. The summed E-state index contributed by atoms with van der Waals surface area (Å²) < 4.78 is 5.75. The van der Waals surface area contributed by atoms with E-state index in [9.17, 15) is 4.79 Å². The van der Waals surface area contributed by atoms with Gasteiger partial charge in [-0.3, -0.25) is 4.79 Å². The van der Waals surface area contributed by atoms with Crippen LogP contribution in [0.1, 0.15) is 49.9 Å². The van der Waals surface area contributed by atoms with Gasteiger partial charge in [-0.05, 0) is 25.7 Å². The lowest BCUT2D eigenvalue weighted by atomic mass is 9.84. The first kappa shape index (κ1) is 12.7. The summed E-state index contributed by atoms with van der Waals surface area (Å²) in [6.07, 6.45) is 7.16. The van der Waals surface area contributed by atoms with Crippen LogP contribution in [-0.2, 0) is 16.8 Å². The molecule has 0 saturated heterocycles. The van der Waals surface area contributed by atoms with Crippen LogP contribution in [-0.4, -0.2) is 23.6 Å². The highest BCUT2D eigenvalue weighted by molar-refractivity contribution is 5.45. The predicted octanol–water partition coefficient (Wildman–Crippen LogP) is 1.93. The number of ether oxygens (including phenoxy) is 1. The summed E-state index contributed by atoms with van der Waals surface area (Å²) in [4.78, 5) is 19.8. The van der Waals surface area contributed by atoms with Crippen LogP contribution < -0.4 is 10.9 Å². The Morgan fingerprint density at radius 2 is 2.00 bits per heavy atom. The Balaban J connectivity index is 2.04. The SMILES string of the molecule is COC1(c2nc3c(c(=O)[nH]2)CCCN3)CCCCC1. The van der Waals surface area contributed by atoms with Gasteiger partial charge in [0.25, 0.3) is 5.56 Å². The van der Waals surface area contributed by atoms with E-state index in [1.807, 2.05) is 0 Å². The van der Waals surface area contributed by atoms with E-state index in [4.69, 9.17) is 4.74 Å². The second-order valence-corrected chi connectivity index (χ2v) is 5.53. The van der Waals surface area contributed by atoms with Crippen LogP contribution in [0.2, 0.25) is 0 Å². The van der Waals surface area contributed by atoms with E-state index < -0.39 is 5.60 Å². The number of hydrogen-bond acceptors (Lipinski definition) is 4. The Hall–Kier alpha value is -1.36. The molecule has 0 bridgehead atoms. The van der Waals surface area contributed by atoms with Crippen molar-refractivity contribution < 1.29 is 4.74 Å². The number of aromatic amines is 1. The van der Waals surface area contributed by atoms with E-state index in [-0.39, 0.29) is 5.56 Å². The third-order valence-corrected chi connectivity index (χ3v) is 4.40. The average molecular weight is 263 g/mol. The molecule has 0 spiro atoms. The molecule has 3 rings (SSSR count). The highest BCUT2D eigenvalue weighted by atomic mass is 16.5. The van der Waals surface area contributed by atoms with Gasteiger partial charge in [0.05, 0.1) is 5.56 Å². The first-order valence-corrected chi connectivity index (χ1v) is 7.18. The van der Waals surface area contributed by atoms with Crippen LogP contribution in [0.25, 0.3) is 0 Å². The predicted molar refractivity (Wildman–Crippen MR) is 73.4 cm³/mol. The molecule has 5 heteroatoms. The quantitative estimate of drug-likeness (QED) is 0.855. The summed E-state index contributed by atoms with van der Waals surface area (Å²) in [5, 5.41) is 3.24. The van der Waals surface area contributed by atoms with E-state index in [0.717, 1.165) is 56.5 Å². The highest BCUT2D eigenvalue weighted by Crippen LogP contribution is 2.38. The largest absolute Gasteiger partial charge is 0.370 e. The van der Waals surface area contributed by atoms with E-state index in [1.54, 1.807) is 7.11 Å². The molecule has 1 aliphatic heterocycles. The minimum absolute atomic E-state index is 0.00537. The van der Waals surface area contributed by atoms with Crippen LogP contribution in [0.15, 0.2) is 4.79 Å². The lowest BCUT2D eigenvalue weighted by Crippen LogP contribution is -2.37. The van der Waals surface area contributed by atoms with Gasteiger partial charge >= 0.3 is 0 Å². The van der Waals surface area contributed by atoms with Crippen LogP contribution in [0.3, 0.4) is 0 Å². The van der Waals surface area contributed by atoms with E-state index >= 15 is 0 Å². The van der Waals surface area contributed by atoms with Gasteiger partial charge in [-0.15, -0.1) is 0 Å². The second-order valence-electron chi connectivity index (χ2n) is 5.53. The number of rotatable bonds is 2. The van der Waals surface area contributed by atoms with Crippen molar-refractivity contribution in [1.82, 2.24) is 9.97 Å². The maximum Gasteiger partial charge on any atom is 0.256 e. The molecular formula is C14H21N3O2. The molecule has 1 fully saturated rings. The number of H-pyrrole nitrogens is 1. The summed E-state index contributed by atoms with van der Waals surface area (Å²) >= 11 is 0. The summed E-state index contributed by atoms with van der Waals surface area (Å²) in [6, 6.07) is 0. The van der Waals surface area contributed by atoms with E-state index in [0.29, 0.717) is 5.82 Å². The van der Waals surface area contributed by atoms with Crippen molar-refractivity contribution in [3.63, 3.8) is 0 Å². The molecule has 0 aromatic carbocycles. The standard InChI is InChI=1S/C14H21N3O2/c1-19-14(7-3-2-4-8-14)13-16-11-10(12(18)17-13)6-5-9-15-11/h2-9H2,1H3,(H2,15,16,17,18). The number of nitrogens with zero attached hydrogens (tertiary/aromatic N) is 1. The first-order chi connectivity index (χ1) is 9.25. The molecule has 0 atom stereocenters. The summed E-state index contributed by atoms with van der Waals surface area (Å²) in [7, 11) is 1.72. The number of fused-ring (bicyclic) bond motifs is 1. The number of hydrogen-bond donors (Lipinski definition) is 2. The molecule has 5 nitrogen and oxygen atoms in total. The zero-order valence-electron chi connectivity index (χ0n) is 11.4. The number of anilines is 1. The fraction of sp³-hybridized carbons (Fsp3) is 0.714. The molecule has 19 heavy (non-hydrogen) atoms. The number of nitrogens with one attached hydrogen (secondary N) is 2. The Morgan fingerprint density at radius 1 is 1.21 bits per heavy atom. The smallest absolute Gasteiger partial charge is 0.256 e. The Morgan fingerprint density at radius 3 is 2.74 bits per heavy atom. The van der Waals surface area contributed by atoms with E-state index in [1.165, 1.54) is 6.42 Å². The van der Waals surface area contributed by atoms with Crippen LogP contribution in [0.4, 0.5) is 5.82 Å². The van der Waals surface area contributed by atoms with Gasteiger partial charge in [-0.1, -0.05) is 19.3 Å². The van der Waals surface area contributed by atoms with Crippen molar-refractivity contribution >= 4 is 5.82 Å². The molecule has 1 saturated carbocycles. The van der Waals surface area contributed by atoms with Gasteiger partial charge in [0, 0.05) is 13.7 Å². The molecule has 2 heterocycles. The van der Waals surface area contributed by atoms with Crippen molar-refractivity contribution in [2.45, 2.75) is 50.5 Å². The van der Waals surface area contributed by atoms with Gasteiger partial charge in [0.15, 0.2) is 0 Å². The molecule has 2 N–H and O–H groups in total. The van der Waals surface area contributed by atoms with E-state index in [2.05, 4.69) is 15.3 Å². The maximum absolute atomic E-state index is 12.2. The average Bonchev–Trinajstić information content (AvgIpc) is 2.48. The monoisotopic (exact) mass is 263 g/mol. The first-order valence-electron chi connectivity index (χ1n) is 7.18. The molecule has 104 valence electrons. The normalized spacial score (nSPS) is 21.5. The molecule has 1 aromatic heterocycles. The Kier molecular flexibility index (Phi) is 3.31. The lowest BCUT2D eigenvalue weighted by Gasteiger charge is -2.35. The van der Waals surface area contributed by atoms with Crippen molar-refractivity contribution in [1.29, 1.82) is 0 Å².